The summed E-state index contributed by atoms with van der Waals surface area (Å²) in [6, 6.07) is -3.01. The second-order valence-electron chi connectivity index (χ2n) is 9.93. The van der Waals surface area contributed by atoms with Crippen LogP contribution in [0.15, 0.2) is 11.0 Å². The Labute approximate surface area is 236 Å². The molecule has 1 aliphatic heterocycles. The summed E-state index contributed by atoms with van der Waals surface area (Å²) < 4.78 is 107. The van der Waals surface area contributed by atoms with Crippen LogP contribution in [0.5, 0.6) is 0 Å². The van der Waals surface area contributed by atoms with Gasteiger partial charge in [0.25, 0.3) is 6.43 Å². The van der Waals surface area contributed by atoms with Crippen LogP contribution in [0.3, 0.4) is 0 Å². The molecule has 1 fully saturated rings. The average molecular weight is 637 g/mol. The number of esters is 2. The number of anilines is 1. The van der Waals surface area contributed by atoms with Crippen LogP contribution in [-0.4, -0.2) is 81.5 Å². The van der Waals surface area contributed by atoms with Gasteiger partial charge in [0.2, 0.25) is 5.60 Å². The first kappa shape index (κ1) is 35.5. The number of nitrogens with zero attached hydrogens (tertiary/aromatic N) is 2. The summed E-state index contributed by atoms with van der Waals surface area (Å²) in [6.07, 6.45) is -11.1. The highest BCUT2D eigenvalue weighted by Gasteiger charge is 2.74. The Kier molecular flexibility index (Phi) is 11.2. The molecule has 0 spiro atoms. The minimum Gasteiger partial charge on any atom is -0.462 e. The van der Waals surface area contributed by atoms with E-state index in [0.29, 0.717) is 0 Å². The van der Waals surface area contributed by atoms with Crippen LogP contribution in [-0.2, 0) is 32.9 Å². The highest BCUT2D eigenvalue weighted by atomic mass is 31.2. The third-order valence-corrected chi connectivity index (χ3v) is 7.64. The molecule has 0 aliphatic carbocycles. The van der Waals surface area contributed by atoms with Crippen LogP contribution in [0.25, 0.3) is 0 Å². The van der Waals surface area contributed by atoms with Crippen molar-refractivity contribution in [2.75, 3.05) is 12.3 Å². The monoisotopic (exact) mass is 637 g/mol. The second-order valence-corrected chi connectivity index (χ2v) is 11.8. The summed E-state index contributed by atoms with van der Waals surface area (Å²) in [4.78, 5) is 39.8. The molecule has 14 nitrogen and oxygen atoms in total. The molecule has 20 heteroatoms. The lowest BCUT2D eigenvalue weighted by molar-refractivity contribution is -0.241. The Hall–Kier alpha value is -2.70. The van der Waals surface area contributed by atoms with Crippen LogP contribution in [0, 0.1) is 5.82 Å². The number of rotatable bonds is 13. The van der Waals surface area contributed by atoms with E-state index in [9.17, 15) is 37.2 Å². The van der Waals surface area contributed by atoms with E-state index in [-0.39, 0.29) is 10.8 Å². The highest BCUT2D eigenvalue weighted by Crippen LogP contribution is 2.53. The average Bonchev–Trinajstić information content (AvgIpc) is 3.05. The normalized spacial score (nSPS) is 23.8. The van der Waals surface area contributed by atoms with Gasteiger partial charge in [-0.3, -0.25) is 18.7 Å². The number of carbonyl (C=O) groups excluding carboxylic acids is 2. The molecular formula is C22H33F5N5O9P. The zero-order valence-electron chi connectivity index (χ0n) is 23.3. The van der Waals surface area contributed by atoms with E-state index in [4.69, 9.17) is 24.5 Å². The third kappa shape index (κ3) is 7.62. The van der Waals surface area contributed by atoms with Gasteiger partial charge < -0.3 is 29.6 Å². The maximum Gasteiger partial charge on any atom is 0.351 e. The molecule has 1 aliphatic rings. The van der Waals surface area contributed by atoms with Gasteiger partial charge in [0.1, 0.15) is 12.1 Å². The number of nitrogens with one attached hydrogen (secondary N) is 2. The van der Waals surface area contributed by atoms with E-state index >= 15 is 8.78 Å². The molecule has 2 heterocycles. The van der Waals surface area contributed by atoms with Crippen molar-refractivity contribution in [3.63, 3.8) is 0 Å². The van der Waals surface area contributed by atoms with Gasteiger partial charge in [-0.25, -0.2) is 28.1 Å². The maximum atomic E-state index is 15.3. The van der Waals surface area contributed by atoms with E-state index in [1.807, 2.05) is 0 Å². The minimum absolute atomic E-state index is 0.0154. The van der Waals surface area contributed by atoms with Crippen molar-refractivity contribution >= 4 is 25.4 Å². The summed E-state index contributed by atoms with van der Waals surface area (Å²) in [5, 5.41) is 14.5. The Balaban J connectivity index is 2.48. The van der Waals surface area contributed by atoms with Crippen molar-refractivity contribution in [3.8, 4) is 0 Å². The topological polar surface area (TPSA) is 193 Å². The van der Waals surface area contributed by atoms with Gasteiger partial charge in [0, 0.05) is 0 Å². The number of hydrogen-bond donors (Lipinski definition) is 4. The molecular weight excluding hydrogens is 604 g/mol. The van der Waals surface area contributed by atoms with Gasteiger partial charge in [0.05, 0.1) is 25.0 Å². The summed E-state index contributed by atoms with van der Waals surface area (Å²) in [5.74, 6) is -9.30. The first-order valence-electron chi connectivity index (χ1n) is 12.4. The van der Waals surface area contributed by atoms with Crippen LogP contribution in [0.1, 0.15) is 47.8 Å². The lowest BCUT2D eigenvalue weighted by atomic mass is 9.95. The molecule has 1 saturated heterocycles. The molecule has 5 atom stereocenters. The Bertz CT molecular complexity index is 1220. The summed E-state index contributed by atoms with van der Waals surface area (Å²) in [5.41, 5.74) is -0.478. The fourth-order valence-corrected chi connectivity index (χ4v) is 5.44. The third-order valence-electron chi connectivity index (χ3n) is 5.70. The molecule has 0 saturated carbocycles. The Morgan fingerprint density at radius 3 is 2.02 bits per heavy atom. The maximum absolute atomic E-state index is 15.3. The number of ether oxygens (including phenoxy) is 3. The SMILES string of the molecule is CC(C)OC(=O)[C@H](C)NP(=O)(N[C@@H](C)C(=O)OC(C)C)OC[C@@]1(C(F)F)O[C@@H](n2cc(F)c(N)nc2=O)[C@H](O)C1(F)F. The van der Waals surface area contributed by atoms with Crippen molar-refractivity contribution < 1.29 is 59.9 Å². The first-order chi connectivity index (χ1) is 19.2. The smallest absolute Gasteiger partial charge is 0.351 e. The first-order valence-corrected chi connectivity index (χ1v) is 14.1. The lowest BCUT2D eigenvalue weighted by Gasteiger charge is -2.35. The summed E-state index contributed by atoms with van der Waals surface area (Å²) in [6.45, 7) is 6.25. The van der Waals surface area contributed by atoms with Gasteiger partial charge in [0.15, 0.2) is 24.0 Å². The number of halogens is 5. The molecule has 42 heavy (non-hydrogen) atoms. The van der Waals surface area contributed by atoms with Crippen LogP contribution < -0.4 is 21.6 Å². The van der Waals surface area contributed by atoms with Gasteiger partial charge in [-0.15, -0.1) is 0 Å². The van der Waals surface area contributed by atoms with E-state index in [2.05, 4.69) is 15.2 Å². The molecule has 5 N–H and O–H groups in total. The molecule has 240 valence electrons. The van der Waals surface area contributed by atoms with Crippen molar-refractivity contribution in [1.29, 1.82) is 0 Å². The predicted octanol–water partition coefficient (Wildman–Crippen LogP) is 1.48. The highest BCUT2D eigenvalue weighted by molar-refractivity contribution is 7.54. The summed E-state index contributed by atoms with van der Waals surface area (Å²) in [7, 11) is -4.94. The number of nitrogen functional groups attached to an aromatic ring is 1. The van der Waals surface area contributed by atoms with E-state index in [0.717, 1.165) is 13.8 Å². The second kappa shape index (κ2) is 13.3. The van der Waals surface area contributed by atoms with E-state index in [1.54, 1.807) is 0 Å². The molecule has 0 radical (unpaired) electrons. The van der Waals surface area contributed by atoms with Gasteiger partial charge in [-0.1, -0.05) is 0 Å². The van der Waals surface area contributed by atoms with Crippen molar-refractivity contribution in [3.05, 3.63) is 22.5 Å². The largest absolute Gasteiger partial charge is 0.462 e. The van der Waals surface area contributed by atoms with Crippen LogP contribution in [0.2, 0.25) is 0 Å². The lowest BCUT2D eigenvalue weighted by Crippen LogP contribution is -2.58. The van der Waals surface area contributed by atoms with Gasteiger partial charge in [-0.2, -0.15) is 13.8 Å². The summed E-state index contributed by atoms with van der Waals surface area (Å²) >= 11 is 0. The fraction of sp³-hybridized carbons (Fsp3) is 0.727. The van der Waals surface area contributed by atoms with Gasteiger partial charge >= 0.3 is 31.2 Å². The van der Waals surface area contributed by atoms with E-state index in [1.165, 1.54) is 27.7 Å². The Morgan fingerprint density at radius 1 is 1.12 bits per heavy atom. The number of aliphatic hydroxyl groups is 1. The van der Waals surface area contributed by atoms with Crippen molar-refractivity contribution in [2.45, 2.75) is 96.1 Å². The zero-order chi connectivity index (χ0) is 32.4. The zero-order valence-corrected chi connectivity index (χ0v) is 24.2. The quantitative estimate of drug-likeness (QED) is 0.138. The number of alkyl halides is 4. The molecule has 1 aromatic heterocycles. The fourth-order valence-electron chi connectivity index (χ4n) is 3.61. The van der Waals surface area contributed by atoms with Gasteiger partial charge in [-0.05, 0) is 41.5 Å². The molecule has 0 amide bonds. The standard InChI is InChI=1S/C22H33F5N5O9P/c1-9(2)39-17(34)11(5)30-42(37,31-12(6)18(35)40-10(3)4)38-8-21(19(24)25)22(26,27)14(33)16(41-21)32-7-13(23)15(28)29-20(32)36/h7,9-12,14,16,19,33H,8H2,1-6H3,(H2,28,29,36)(H2,30,31,37)/t11-,12-,14-,16+,21-/m0/s1. The van der Waals surface area contributed by atoms with Crippen LogP contribution >= 0.6 is 7.67 Å². The number of hydrogen-bond acceptors (Lipinski definition) is 11. The number of nitrogens with two attached hydrogens (primary N) is 1. The molecule has 0 unspecified atom stereocenters. The minimum atomic E-state index is -4.94. The van der Waals surface area contributed by atoms with Crippen LogP contribution in [0.4, 0.5) is 27.8 Å². The Morgan fingerprint density at radius 2 is 1.60 bits per heavy atom. The molecule has 2 rings (SSSR count). The number of aromatic nitrogens is 2. The van der Waals surface area contributed by atoms with Crippen molar-refractivity contribution in [1.82, 2.24) is 19.7 Å². The van der Waals surface area contributed by atoms with Crippen molar-refractivity contribution in [2.24, 2.45) is 0 Å². The molecule has 0 aromatic carbocycles. The van der Waals surface area contributed by atoms with E-state index < -0.39 is 98.1 Å². The number of carbonyl (C=O) groups is 2. The molecule has 1 aromatic rings. The number of aliphatic hydroxyl groups excluding tert-OH is 1. The predicted molar refractivity (Wildman–Crippen MR) is 134 cm³/mol. The molecule has 0 bridgehead atoms.